The first-order valence-electron chi connectivity index (χ1n) is 9.62. The number of benzene rings is 1. The van der Waals surface area contributed by atoms with Gasteiger partial charge in [0, 0.05) is 24.7 Å². The lowest BCUT2D eigenvalue weighted by molar-refractivity contribution is 0.0730. The highest BCUT2D eigenvalue weighted by atomic mass is 32.2. The van der Waals surface area contributed by atoms with Gasteiger partial charge in [0.1, 0.15) is 22.9 Å². The van der Waals surface area contributed by atoms with Crippen molar-refractivity contribution in [1.82, 2.24) is 19.2 Å². The number of sulfonamides is 1. The summed E-state index contributed by atoms with van der Waals surface area (Å²) in [6.45, 7) is 5.25. The molecule has 0 bridgehead atoms. The van der Waals surface area contributed by atoms with Gasteiger partial charge in [0.05, 0.1) is 31.7 Å². The fourth-order valence-electron chi connectivity index (χ4n) is 3.56. The summed E-state index contributed by atoms with van der Waals surface area (Å²) in [5.41, 5.74) is 2.63. The van der Waals surface area contributed by atoms with Gasteiger partial charge in [-0.05, 0) is 38.1 Å². The topological polar surface area (TPSA) is 99.7 Å². The number of ether oxygens (including phenoxy) is 2. The SMILES string of the molecule is COc1ccc(-c2cc(Cn3nc(C)c(S(=O)(=O)N4CCOCC4)c3C)on2)cc1. The molecule has 1 aliphatic rings. The zero-order valence-corrected chi connectivity index (χ0v) is 18.0. The zero-order valence-electron chi connectivity index (χ0n) is 17.2. The number of nitrogens with zero attached hydrogens (tertiary/aromatic N) is 4. The molecule has 0 atom stereocenters. The van der Waals surface area contributed by atoms with E-state index in [1.54, 1.807) is 25.6 Å². The van der Waals surface area contributed by atoms with Gasteiger partial charge in [-0.3, -0.25) is 4.68 Å². The average molecular weight is 433 g/mol. The molecule has 1 fully saturated rings. The van der Waals surface area contributed by atoms with Crippen molar-refractivity contribution >= 4 is 10.0 Å². The highest BCUT2D eigenvalue weighted by Gasteiger charge is 2.32. The highest BCUT2D eigenvalue weighted by Crippen LogP contribution is 2.26. The van der Waals surface area contributed by atoms with Crippen LogP contribution in [-0.2, 0) is 21.3 Å². The van der Waals surface area contributed by atoms with Crippen LogP contribution in [0.25, 0.3) is 11.3 Å². The molecule has 1 aromatic carbocycles. The van der Waals surface area contributed by atoms with Crippen molar-refractivity contribution in [2.24, 2.45) is 0 Å². The molecule has 30 heavy (non-hydrogen) atoms. The summed E-state index contributed by atoms with van der Waals surface area (Å²) < 4.78 is 45.2. The van der Waals surface area contributed by atoms with Crippen LogP contribution in [0, 0.1) is 13.8 Å². The van der Waals surface area contributed by atoms with E-state index in [9.17, 15) is 8.42 Å². The summed E-state index contributed by atoms with van der Waals surface area (Å²) in [4.78, 5) is 0.249. The first-order chi connectivity index (χ1) is 14.4. The number of methoxy groups -OCH3 is 1. The molecular weight excluding hydrogens is 408 g/mol. The fraction of sp³-hybridized carbons (Fsp3) is 0.400. The quantitative estimate of drug-likeness (QED) is 0.589. The van der Waals surface area contributed by atoms with Crippen molar-refractivity contribution in [1.29, 1.82) is 0 Å². The van der Waals surface area contributed by atoms with Crippen molar-refractivity contribution in [2.45, 2.75) is 25.3 Å². The maximum Gasteiger partial charge on any atom is 0.246 e. The van der Waals surface area contributed by atoms with Gasteiger partial charge in [0.25, 0.3) is 0 Å². The van der Waals surface area contributed by atoms with E-state index in [4.69, 9.17) is 14.0 Å². The van der Waals surface area contributed by atoms with Crippen LogP contribution in [0.2, 0.25) is 0 Å². The second-order valence-electron chi connectivity index (χ2n) is 7.08. The molecule has 1 saturated heterocycles. The molecule has 9 nitrogen and oxygen atoms in total. The second-order valence-corrected chi connectivity index (χ2v) is 8.96. The third-order valence-electron chi connectivity index (χ3n) is 5.13. The van der Waals surface area contributed by atoms with Crippen molar-refractivity contribution in [3.05, 3.63) is 47.5 Å². The maximum atomic E-state index is 13.1. The second kappa shape index (κ2) is 8.21. The lowest BCUT2D eigenvalue weighted by Gasteiger charge is -2.26. The molecule has 3 heterocycles. The highest BCUT2D eigenvalue weighted by molar-refractivity contribution is 7.89. The zero-order chi connectivity index (χ0) is 21.3. The van der Waals surface area contributed by atoms with E-state index in [0.717, 1.165) is 11.3 Å². The molecule has 0 radical (unpaired) electrons. The molecule has 4 rings (SSSR count). The Labute approximate surface area is 175 Å². The number of rotatable bonds is 6. The fourth-order valence-corrected chi connectivity index (χ4v) is 5.34. The first-order valence-corrected chi connectivity index (χ1v) is 11.1. The van der Waals surface area contributed by atoms with Gasteiger partial charge in [-0.25, -0.2) is 8.42 Å². The number of hydrogen-bond donors (Lipinski definition) is 0. The molecule has 160 valence electrons. The largest absolute Gasteiger partial charge is 0.497 e. The summed E-state index contributed by atoms with van der Waals surface area (Å²) >= 11 is 0. The molecular formula is C20H24N4O5S. The Morgan fingerprint density at radius 3 is 2.50 bits per heavy atom. The average Bonchev–Trinajstić information content (AvgIpc) is 3.33. The number of aromatic nitrogens is 3. The van der Waals surface area contributed by atoms with E-state index < -0.39 is 10.0 Å². The maximum absolute atomic E-state index is 13.1. The van der Waals surface area contributed by atoms with Gasteiger partial charge in [-0.15, -0.1) is 0 Å². The Hall–Kier alpha value is -2.69. The van der Waals surface area contributed by atoms with E-state index in [1.165, 1.54) is 4.31 Å². The van der Waals surface area contributed by atoms with Crippen molar-refractivity contribution < 1.29 is 22.4 Å². The molecule has 2 aromatic heterocycles. The van der Waals surface area contributed by atoms with Crippen molar-refractivity contribution in [3.63, 3.8) is 0 Å². The Morgan fingerprint density at radius 1 is 1.13 bits per heavy atom. The molecule has 0 unspecified atom stereocenters. The van der Waals surface area contributed by atoms with E-state index in [1.807, 2.05) is 30.3 Å². The minimum atomic E-state index is -3.63. The molecule has 0 spiro atoms. The van der Waals surface area contributed by atoms with Gasteiger partial charge >= 0.3 is 0 Å². The smallest absolute Gasteiger partial charge is 0.246 e. The molecule has 10 heteroatoms. The van der Waals surface area contributed by atoms with Gasteiger partial charge in [0.15, 0.2) is 5.76 Å². The van der Waals surface area contributed by atoms with E-state index in [-0.39, 0.29) is 11.4 Å². The molecule has 0 aliphatic carbocycles. The molecule has 1 aliphatic heterocycles. The van der Waals surface area contributed by atoms with Gasteiger partial charge < -0.3 is 14.0 Å². The third-order valence-corrected chi connectivity index (χ3v) is 7.29. The summed E-state index contributed by atoms with van der Waals surface area (Å²) in [5, 5.41) is 8.57. The molecule has 3 aromatic rings. The minimum Gasteiger partial charge on any atom is -0.497 e. The minimum absolute atomic E-state index is 0.249. The molecule has 0 amide bonds. The predicted molar refractivity (Wildman–Crippen MR) is 109 cm³/mol. The molecule has 0 saturated carbocycles. The Bertz CT molecular complexity index is 1130. The monoisotopic (exact) mass is 432 g/mol. The van der Waals surface area contributed by atoms with E-state index in [2.05, 4.69) is 10.3 Å². The van der Waals surface area contributed by atoms with Crippen LogP contribution in [0.3, 0.4) is 0 Å². The van der Waals surface area contributed by atoms with Gasteiger partial charge in [0.2, 0.25) is 10.0 Å². The molecule has 0 N–H and O–H groups in total. The predicted octanol–water partition coefficient (Wildman–Crippen LogP) is 2.23. The van der Waals surface area contributed by atoms with Crippen LogP contribution in [0.4, 0.5) is 0 Å². The van der Waals surface area contributed by atoms with Crippen LogP contribution in [0.5, 0.6) is 5.75 Å². The number of hydrogen-bond acceptors (Lipinski definition) is 7. The summed E-state index contributed by atoms with van der Waals surface area (Å²) in [6.07, 6.45) is 0. The summed E-state index contributed by atoms with van der Waals surface area (Å²) in [7, 11) is -2.01. The van der Waals surface area contributed by atoms with Crippen LogP contribution < -0.4 is 4.74 Å². The number of morpholine rings is 1. The van der Waals surface area contributed by atoms with Gasteiger partial charge in [-0.1, -0.05) is 5.16 Å². The Morgan fingerprint density at radius 2 is 1.83 bits per heavy atom. The van der Waals surface area contributed by atoms with Crippen LogP contribution >= 0.6 is 0 Å². The number of aryl methyl sites for hydroxylation is 1. The van der Waals surface area contributed by atoms with Crippen LogP contribution in [0.15, 0.2) is 39.8 Å². The standard InChI is InChI=1S/C20H24N4O5S/c1-14-20(30(25,26)23-8-10-28-11-9-23)15(2)24(21-14)13-18-12-19(22-29-18)16-4-6-17(27-3)7-5-16/h4-7,12H,8-11,13H2,1-3H3. The third kappa shape index (κ3) is 3.85. The van der Waals surface area contributed by atoms with Crippen LogP contribution in [0.1, 0.15) is 17.1 Å². The Balaban J connectivity index is 1.57. The summed E-state index contributed by atoms with van der Waals surface area (Å²) in [6, 6.07) is 9.34. The first kappa shape index (κ1) is 20.6. The van der Waals surface area contributed by atoms with E-state index in [0.29, 0.717) is 49.1 Å². The van der Waals surface area contributed by atoms with Crippen LogP contribution in [-0.4, -0.2) is 61.1 Å². The van der Waals surface area contributed by atoms with E-state index >= 15 is 0 Å². The normalized spacial score (nSPS) is 15.4. The lowest BCUT2D eigenvalue weighted by Crippen LogP contribution is -2.41. The lowest BCUT2D eigenvalue weighted by atomic mass is 10.1. The summed E-state index contributed by atoms with van der Waals surface area (Å²) in [5.74, 6) is 1.35. The van der Waals surface area contributed by atoms with Gasteiger partial charge in [-0.2, -0.15) is 9.40 Å². The Kier molecular flexibility index (Phi) is 5.63. The van der Waals surface area contributed by atoms with Crippen molar-refractivity contribution in [2.75, 3.05) is 33.4 Å². The van der Waals surface area contributed by atoms with Crippen molar-refractivity contribution in [3.8, 4) is 17.0 Å².